The number of hydrogen-bond donors (Lipinski definition) is 1. The highest BCUT2D eigenvalue weighted by molar-refractivity contribution is 7.92. The van der Waals surface area contributed by atoms with Gasteiger partial charge in [-0.25, -0.2) is 13.4 Å². The molecule has 0 saturated heterocycles. The normalized spacial score (nSPS) is 13.1. The van der Waals surface area contributed by atoms with Gasteiger partial charge in [0, 0.05) is 5.69 Å². The number of ketones is 1. The zero-order valence-corrected chi connectivity index (χ0v) is 19.1. The maximum atomic E-state index is 13.0. The Morgan fingerprint density at radius 2 is 1.61 bits per heavy atom. The molecule has 0 fully saturated rings. The van der Waals surface area contributed by atoms with Crippen molar-refractivity contribution in [1.82, 2.24) is 9.55 Å². The molecule has 0 atom stereocenters. The second-order valence-corrected chi connectivity index (χ2v) is 10.7. The molecule has 33 heavy (non-hydrogen) atoms. The lowest BCUT2D eigenvalue weighted by molar-refractivity contribution is 0.103. The van der Waals surface area contributed by atoms with Crippen molar-refractivity contribution in [1.29, 1.82) is 0 Å². The van der Waals surface area contributed by atoms with Crippen LogP contribution in [0.15, 0.2) is 76.4 Å². The first-order valence-corrected chi connectivity index (χ1v) is 11.9. The van der Waals surface area contributed by atoms with Gasteiger partial charge in [-0.3, -0.25) is 18.9 Å². The van der Waals surface area contributed by atoms with Crippen molar-refractivity contribution >= 4 is 32.4 Å². The Morgan fingerprint density at radius 3 is 2.30 bits per heavy atom. The number of nitrogens with one attached hydrogen (secondary N) is 1. The minimum atomic E-state index is -3.86. The van der Waals surface area contributed by atoms with Gasteiger partial charge in [-0.1, -0.05) is 45.0 Å². The van der Waals surface area contributed by atoms with E-state index >= 15 is 0 Å². The maximum absolute atomic E-state index is 13.0. The number of hydrogen-bond acceptors (Lipinski definition) is 5. The lowest BCUT2D eigenvalue weighted by Crippen LogP contribution is -2.21. The number of fused-ring (bicyclic) bond motifs is 4. The third-order valence-electron chi connectivity index (χ3n) is 5.74. The summed E-state index contributed by atoms with van der Waals surface area (Å²) in [7, 11) is -3.86. The van der Waals surface area contributed by atoms with Gasteiger partial charge >= 0.3 is 0 Å². The van der Waals surface area contributed by atoms with Crippen LogP contribution in [0.5, 0.6) is 0 Å². The van der Waals surface area contributed by atoms with Crippen LogP contribution in [-0.4, -0.2) is 23.8 Å². The molecule has 1 aliphatic rings. The van der Waals surface area contributed by atoms with E-state index in [1.54, 1.807) is 54.6 Å². The Bertz CT molecular complexity index is 1610. The van der Waals surface area contributed by atoms with Gasteiger partial charge in [-0.2, -0.15) is 0 Å². The van der Waals surface area contributed by atoms with Gasteiger partial charge in [0.1, 0.15) is 0 Å². The molecular formula is C25H21N3O4S. The molecule has 0 spiro atoms. The molecule has 0 radical (unpaired) electrons. The highest BCUT2D eigenvalue weighted by Crippen LogP contribution is 2.30. The average Bonchev–Trinajstić information content (AvgIpc) is 3.05. The van der Waals surface area contributed by atoms with Crippen LogP contribution in [-0.2, 0) is 15.4 Å². The Hall–Kier alpha value is -3.78. The Morgan fingerprint density at radius 1 is 0.909 bits per heavy atom. The van der Waals surface area contributed by atoms with E-state index < -0.39 is 15.8 Å². The monoisotopic (exact) mass is 459 g/mol. The molecule has 4 aromatic rings. The van der Waals surface area contributed by atoms with E-state index in [1.165, 1.54) is 16.7 Å². The van der Waals surface area contributed by atoms with Crippen molar-refractivity contribution in [2.75, 3.05) is 4.72 Å². The van der Waals surface area contributed by atoms with Crippen molar-refractivity contribution < 1.29 is 13.2 Å². The highest BCUT2D eigenvalue weighted by Gasteiger charge is 2.31. The zero-order chi connectivity index (χ0) is 23.5. The number of anilines is 1. The summed E-state index contributed by atoms with van der Waals surface area (Å²) in [6, 6.07) is 18.1. The number of benzene rings is 3. The SMILES string of the molecule is CC(C)(C)c1ccc(S(=O)(=O)Nc2ccc3c(c2)C(=O)c2nc4ccccc4c(=O)n2-3)cc1. The molecule has 0 amide bonds. The fourth-order valence-corrected chi connectivity index (χ4v) is 5.00. The van der Waals surface area contributed by atoms with Gasteiger partial charge in [-0.05, 0) is 53.4 Å². The van der Waals surface area contributed by atoms with E-state index in [9.17, 15) is 18.0 Å². The third kappa shape index (κ3) is 3.43. The predicted octanol–water partition coefficient (Wildman–Crippen LogP) is 4.03. The highest BCUT2D eigenvalue weighted by atomic mass is 32.2. The van der Waals surface area contributed by atoms with E-state index in [1.807, 2.05) is 0 Å². The molecule has 1 aromatic heterocycles. The number of carbonyl (C=O) groups excluding carboxylic acids is 1. The standard InChI is InChI=1S/C25H21N3O4S/c1-25(2,3)15-8-11-17(12-9-15)33(31,32)27-16-10-13-21-19(14-16)22(29)23-26-20-7-5-4-6-18(20)24(30)28(21)23/h4-14,27H,1-3H3. The quantitative estimate of drug-likeness (QED) is 0.439. The van der Waals surface area contributed by atoms with E-state index in [4.69, 9.17) is 0 Å². The fraction of sp³-hybridized carbons (Fsp3) is 0.160. The molecule has 7 nitrogen and oxygen atoms in total. The average molecular weight is 460 g/mol. The van der Waals surface area contributed by atoms with Gasteiger partial charge in [0.2, 0.25) is 5.78 Å². The molecule has 2 heterocycles. The maximum Gasteiger partial charge on any atom is 0.266 e. The number of para-hydroxylation sites is 1. The Labute approximate surface area is 190 Å². The number of sulfonamides is 1. The summed E-state index contributed by atoms with van der Waals surface area (Å²) in [5.74, 6) is -0.407. The summed E-state index contributed by atoms with van der Waals surface area (Å²) in [5.41, 5.74) is 1.86. The second kappa shape index (κ2) is 7.11. The van der Waals surface area contributed by atoms with Gasteiger partial charge in [0.15, 0.2) is 5.82 Å². The lowest BCUT2D eigenvalue weighted by atomic mass is 9.87. The Balaban J connectivity index is 1.52. The molecule has 166 valence electrons. The molecule has 5 rings (SSSR count). The fourth-order valence-electron chi connectivity index (χ4n) is 3.95. The molecule has 1 aliphatic heterocycles. The number of nitrogens with zero attached hydrogens (tertiary/aromatic N) is 2. The number of rotatable bonds is 3. The van der Waals surface area contributed by atoms with Crippen molar-refractivity contribution in [3.63, 3.8) is 0 Å². The number of aromatic nitrogens is 2. The predicted molar refractivity (Wildman–Crippen MR) is 127 cm³/mol. The van der Waals surface area contributed by atoms with Gasteiger partial charge < -0.3 is 0 Å². The summed E-state index contributed by atoms with van der Waals surface area (Å²) in [5, 5.41) is 0.408. The largest absolute Gasteiger partial charge is 0.285 e. The minimum Gasteiger partial charge on any atom is -0.285 e. The van der Waals surface area contributed by atoms with Crippen LogP contribution in [0, 0.1) is 0 Å². The topological polar surface area (TPSA) is 98.1 Å². The van der Waals surface area contributed by atoms with Crippen LogP contribution < -0.4 is 10.3 Å². The van der Waals surface area contributed by atoms with Gasteiger partial charge in [0.25, 0.3) is 15.6 Å². The molecule has 8 heteroatoms. The van der Waals surface area contributed by atoms with Crippen LogP contribution in [0.2, 0.25) is 0 Å². The molecule has 3 aromatic carbocycles. The van der Waals surface area contributed by atoms with Crippen molar-refractivity contribution in [2.45, 2.75) is 31.1 Å². The molecular weight excluding hydrogens is 438 g/mol. The van der Waals surface area contributed by atoms with E-state index in [0.717, 1.165) is 5.56 Å². The lowest BCUT2D eigenvalue weighted by Gasteiger charge is -2.19. The van der Waals surface area contributed by atoms with Crippen LogP contribution in [0.25, 0.3) is 16.6 Å². The summed E-state index contributed by atoms with van der Waals surface area (Å²) in [6.07, 6.45) is 0. The smallest absolute Gasteiger partial charge is 0.266 e. The first-order chi connectivity index (χ1) is 15.6. The van der Waals surface area contributed by atoms with Crippen LogP contribution in [0.4, 0.5) is 5.69 Å². The zero-order valence-electron chi connectivity index (χ0n) is 18.3. The van der Waals surface area contributed by atoms with Crippen LogP contribution in [0.3, 0.4) is 0 Å². The van der Waals surface area contributed by atoms with Crippen LogP contribution >= 0.6 is 0 Å². The summed E-state index contributed by atoms with van der Waals surface area (Å²) in [6.45, 7) is 6.16. The summed E-state index contributed by atoms with van der Waals surface area (Å²) >= 11 is 0. The Kier molecular flexibility index (Phi) is 4.54. The molecule has 0 bridgehead atoms. The first kappa shape index (κ1) is 21.1. The summed E-state index contributed by atoms with van der Waals surface area (Å²) in [4.78, 5) is 30.5. The van der Waals surface area contributed by atoms with Crippen molar-refractivity contribution in [3.8, 4) is 5.69 Å². The van der Waals surface area contributed by atoms with E-state index in [2.05, 4.69) is 30.5 Å². The molecule has 0 unspecified atom stereocenters. The second-order valence-electron chi connectivity index (χ2n) is 9.03. The molecule has 0 aliphatic carbocycles. The van der Waals surface area contributed by atoms with Crippen molar-refractivity contribution in [2.24, 2.45) is 0 Å². The van der Waals surface area contributed by atoms with E-state index in [0.29, 0.717) is 16.6 Å². The van der Waals surface area contributed by atoms with E-state index in [-0.39, 0.29) is 32.9 Å². The molecule has 0 saturated carbocycles. The third-order valence-corrected chi connectivity index (χ3v) is 7.14. The van der Waals surface area contributed by atoms with Crippen molar-refractivity contribution in [3.05, 3.63) is 94.0 Å². The minimum absolute atomic E-state index is 0.0199. The van der Waals surface area contributed by atoms with Gasteiger partial charge in [0.05, 0.1) is 27.0 Å². The molecule has 1 N–H and O–H groups in total. The van der Waals surface area contributed by atoms with Gasteiger partial charge in [-0.15, -0.1) is 0 Å². The number of carbonyl (C=O) groups is 1. The van der Waals surface area contributed by atoms with Crippen LogP contribution in [0.1, 0.15) is 42.5 Å². The summed E-state index contributed by atoms with van der Waals surface area (Å²) < 4.78 is 29.6. The first-order valence-electron chi connectivity index (χ1n) is 10.4.